The van der Waals surface area contributed by atoms with Gasteiger partial charge in [-0.05, 0) is 29.8 Å². The number of hydrogen-bond acceptors (Lipinski definition) is 5. The second-order valence-corrected chi connectivity index (χ2v) is 5.73. The highest BCUT2D eigenvalue weighted by atomic mass is 35.5. The fourth-order valence-corrected chi connectivity index (χ4v) is 3.04. The Morgan fingerprint density at radius 3 is 2.73 bits per heavy atom. The van der Waals surface area contributed by atoms with Crippen molar-refractivity contribution in [1.29, 1.82) is 5.26 Å². The van der Waals surface area contributed by atoms with Crippen molar-refractivity contribution in [3.63, 3.8) is 0 Å². The van der Waals surface area contributed by atoms with Crippen molar-refractivity contribution in [2.75, 3.05) is 7.11 Å². The van der Waals surface area contributed by atoms with Crippen LogP contribution in [0.3, 0.4) is 0 Å². The topological polar surface area (TPSA) is 76.2 Å². The number of nitro groups is 1. The Labute approximate surface area is 136 Å². The standard InChI is InChI=1S/C15H11ClN2O3S/c1-21-14-4-2-11(6-12(14)16)9-22-15-5-3-10(8-17)7-13(15)18(19)20/h2-7H,9H2,1H3. The van der Waals surface area contributed by atoms with Gasteiger partial charge in [-0.3, -0.25) is 10.1 Å². The summed E-state index contributed by atoms with van der Waals surface area (Å²) in [6.45, 7) is 0. The maximum Gasteiger partial charge on any atom is 0.284 e. The van der Waals surface area contributed by atoms with Crippen molar-refractivity contribution >= 4 is 29.1 Å². The molecule has 0 unspecified atom stereocenters. The predicted octanol–water partition coefficient (Wildman–Crippen LogP) is 4.42. The normalized spacial score (nSPS) is 10.0. The van der Waals surface area contributed by atoms with Crippen LogP contribution in [0.4, 0.5) is 5.69 Å². The zero-order valence-electron chi connectivity index (χ0n) is 11.6. The minimum absolute atomic E-state index is 0.0661. The van der Waals surface area contributed by atoms with E-state index in [0.29, 0.717) is 21.4 Å². The van der Waals surface area contributed by atoms with Gasteiger partial charge in [0.2, 0.25) is 0 Å². The summed E-state index contributed by atoms with van der Waals surface area (Å²) in [6.07, 6.45) is 0. The summed E-state index contributed by atoms with van der Waals surface area (Å²) in [6, 6.07) is 11.7. The fraction of sp³-hybridized carbons (Fsp3) is 0.133. The van der Waals surface area contributed by atoms with E-state index in [-0.39, 0.29) is 11.3 Å². The Morgan fingerprint density at radius 2 is 2.14 bits per heavy atom. The van der Waals surface area contributed by atoms with Crippen LogP contribution in [0.2, 0.25) is 5.02 Å². The minimum Gasteiger partial charge on any atom is -0.495 e. The lowest BCUT2D eigenvalue weighted by Crippen LogP contribution is -1.93. The van der Waals surface area contributed by atoms with Gasteiger partial charge in [0.25, 0.3) is 5.69 Å². The molecule has 2 aromatic carbocycles. The van der Waals surface area contributed by atoms with E-state index in [1.807, 2.05) is 12.1 Å². The van der Waals surface area contributed by atoms with Crippen LogP contribution in [-0.2, 0) is 5.75 Å². The highest BCUT2D eigenvalue weighted by Gasteiger charge is 2.15. The summed E-state index contributed by atoms with van der Waals surface area (Å²) < 4.78 is 5.08. The first kappa shape index (κ1) is 16.1. The van der Waals surface area contributed by atoms with Crippen LogP contribution in [0.5, 0.6) is 5.75 Å². The van der Waals surface area contributed by atoms with Gasteiger partial charge in [-0.2, -0.15) is 5.26 Å². The molecule has 0 saturated heterocycles. The molecule has 22 heavy (non-hydrogen) atoms. The Bertz CT molecular complexity index is 759. The SMILES string of the molecule is COc1ccc(CSc2ccc(C#N)cc2[N+](=O)[O-])cc1Cl. The fourth-order valence-electron chi connectivity index (χ4n) is 1.81. The average molecular weight is 335 g/mol. The number of nitrogens with zero attached hydrogens (tertiary/aromatic N) is 2. The van der Waals surface area contributed by atoms with Crippen LogP contribution in [0.15, 0.2) is 41.3 Å². The summed E-state index contributed by atoms with van der Waals surface area (Å²) >= 11 is 7.37. The van der Waals surface area contributed by atoms with E-state index in [1.54, 1.807) is 24.3 Å². The molecule has 0 radical (unpaired) electrons. The Morgan fingerprint density at radius 1 is 1.36 bits per heavy atom. The van der Waals surface area contributed by atoms with Gasteiger partial charge in [0.1, 0.15) is 5.75 Å². The third-order valence-electron chi connectivity index (χ3n) is 2.90. The number of hydrogen-bond donors (Lipinski definition) is 0. The molecule has 0 spiro atoms. The lowest BCUT2D eigenvalue weighted by Gasteiger charge is -2.07. The molecule has 0 heterocycles. The second kappa shape index (κ2) is 7.16. The van der Waals surface area contributed by atoms with Crippen molar-refractivity contribution < 1.29 is 9.66 Å². The van der Waals surface area contributed by atoms with Gasteiger partial charge >= 0.3 is 0 Å². The van der Waals surface area contributed by atoms with Gasteiger partial charge in [-0.1, -0.05) is 17.7 Å². The minimum atomic E-state index is -0.482. The number of benzene rings is 2. The third-order valence-corrected chi connectivity index (χ3v) is 4.32. The molecular formula is C15H11ClN2O3S. The van der Waals surface area contributed by atoms with E-state index in [2.05, 4.69) is 0 Å². The summed E-state index contributed by atoms with van der Waals surface area (Å²) in [7, 11) is 1.54. The van der Waals surface area contributed by atoms with E-state index >= 15 is 0 Å². The number of ether oxygens (including phenoxy) is 1. The van der Waals surface area contributed by atoms with Crippen LogP contribution >= 0.6 is 23.4 Å². The monoisotopic (exact) mass is 334 g/mol. The summed E-state index contributed by atoms with van der Waals surface area (Å²) in [5, 5.41) is 20.4. The van der Waals surface area contributed by atoms with Gasteiger partial charge < -0.3 is 4.74 Å². The molecule has 0 aliphatic heterocycles. The molecule has 112 valence electrons. The number of halogens is 1. The Kier molecular flexibility index (Phi) is 5.26. The first-order chi connectivity index (χ1) is 10.5. The first-order valence-electron chi connectivity index (χ1n) is 6.19. The maximum absolute atomic E-state index is 11.1. The molecule has 0 aliphatic carbocycles. The van der Waals surface area contributed by atoms with Gasteiger partial charge in [-0.15, -0.1) is 11.8 Å². The van der Waals surface area contributed by atoms with E-state index in [1.165, 1.54) is 24.9 Å². The van der Waals surface area contributed by atoms with Gasteiger partial charge in [-0.25, -0.2) is 0 Å². The highest BCUT2D eigenvalue weighted by Crippen LogP contribution is 2.33. The lowest BCUT2D eigenvalue weighted by atomic mass is 10.2. The van der Waals surface area contributed by atoms with Gasteiger partial charge in [0.05, 0.1) is 33.6 Å². The zero-order valence-corrected chi connectivity index (χ0v) is 13.1. The van der Waals surface area contributed by atoms with Crippen molar-refractivity contribution in [3.8, 4) is 11.8 Å². The van der Waals surface area contributed by atoms with Crippen LogP contribution in [0.25, 0.3) is 0 Å². The number of methoxy groups -OCH3 is 1. The molecule has 2 aromatic rings. The van der Waals surface area contributed by atoms with Crippen molar-refractivity contribution in [2.45, 2.75) is 10.6 Å². The molecule has 7 heteroatoms. The number of rotatable bonds is 5. The molecule has 2 rings (SSSR count). The zero-order chi connectivity index (χ0) is 16.1. The quantitative estimate of drug-likeness (QED) is 0.459. The van der Waals surface area contributed by atoms with Crippen LogP contribution in [0, 0.1) is 21.4 Å². The third kappa shape index (κ3) is 3.70. The van der Waals surface area contributed by atoms with Crippen molar-refractivity contribution in [3.05, 3.63) is 62.7 Å². The Hall–Kier alpha value is -2.23. The molecule has 0 fully saturated rings. The van der Waals surface area contributed by atoms with Crippen molar-refractivity contribution in [2.24, 2.45) is 0 Å². The van der Waals surface area contributed by atoms with E-state index in [0.717, 1.165) is 5.56 Å². The van der Waals surface area contributed by atoms with Crippen LogP contribution < -0.4 is 4.74 Å². The van der Waals surface area contributed by atoms with Gasteiger partial charge in [0, 0.05) is 11.8 Å². The molecular weight excluding hydrogens is 324 g/mol. The summed E-state index contributed by atoms with van der Waals surface area (Å²) in [5.41, 5.74) is 1.13. The molecule has 0 aromatic heterocycles. The second-order valence-electron chi connectivity index (χ2n) is 4.31. The van der Waals surface area contributed by atoms with Crippen LogP contribution in [-0.4, -0.2) is 12.0 Å². The highest BCUT2D eigenvalue weighted by molar-refractivity contribution is 7.98. The predicted molar refractivity (Wildman–Crippen MR) is 85.4 cm³/mol. The van der Waals surface area contributed by atoms with Gasteiger partial charge in [0.15, 0.2) is 0 Å². The molecule has 0 N–H and O–H groups in total. The number of thioether (sulfide) groups is 1. The summed E-state index contributed by atoms with van der Waals surface area (Å²) in [4.78, 5) is 11.1. The van der Waals surface area contributed by atoms with E-state index in [4.69, 9.17) is 21.6 Å². The number of nitriles is 1. The molecule has 0 amide bonds. The molecule has 0 atom stereocenters. The first-order valence-corrected chi connectivity index (χ1v) is 7.55. The summed E-state index contributed by atoms with van der Waals surface area (Å²) in [5.74, 6) is 1.11. The molecule has 0 saturated carbocycles. The smallest absolute Gasteiger partial charge is 0.284 e. The van der Waals surface area contributed by atoms with Crippen LogP contribution in [0.1, 0.15) is 11.1 Å². The lowest BCUT2D eigenvalue weighted by molar-refractivity contribution is -0.387. The Balaban J connectivity index is 2.20. The largest absolute Gasteiger partial charge is 0.495 e. The molecule has 0 bridgehead atoms. The molecule has 0 aliphatic rings. The average Bonchev–Trinajstić information content (AvgIpc) is 2.52. The van der Waals surface area contributed by atoms with E-state index in [9.17, 15) is 10.1 Å². The molecule has 5 nitrogen and oxygen atoms in total. The van der Waals surface area contributed by atoms with Crippen molar-refractivity contribution in [1.82, 2.24) is 0 Å². The number of nitro benzene ring substituents is 1. The maximum atomic E-state index is 11.1. The van der Waals surface area contributed by atoms with E-state index < -0.39 is 4.92 Å².